The minimum atomic E-state index is 1.13. The van der Waals surface area contributed by atoms with Crippen molar-refractivity contribution >= 4 is 121 Å². The molecule has 7 rings (SSSR count). The van der Waals surface area contributed by atoms with Crippen molar-refractivity contribution in [2.24, 2.45) is 0 Å². The summed E-state index contributed by atoms with van der Waals surface area (Å²) in [7, 11) is 0. The molecule has 0 amide bonds. The van der Waals surface area contributed by atoms with Gasteiger partial charge in [-0.1, -0.05) is 6.08 Å². The highest BCUT2D eigenvalue weighted by molar-refractivity contribution is 7.50. The highest BCUT2D eigenvalue weighted by atomic mass is 32.1. The SMILES string of the molecule is C1=Cc2sc3c(sc4c3sc3c5sc6ccsc6c5sc43)c2C1. The van der Waals surface area contributed by atoms with Gasteiger partial charge in [-0.05, 0) is 29.5 Å². The van der Waals surface area contributed by atoms with Gasteiger partial charge in [-0.15, -0.1) is 68.0 Å². The first kappa shape index (κ1) is 12.6. The Kier molecular flexibility index (Phi) is 2.23. The van der Waals surface area contributed by atoms with Gasteiger partial charge in [0.1, 0.15) is 0 Å². The molecule has 0 saturated heterocycles. The Balaban J connectivity index is 1.70. The van der Waals surface area contributed by atoms with E-state index in [1.54, 1.807) is 19.7 Å². The van der Waals surface area contributed by atoms with Crippen LogP contribution in [-0.2, 0) is 6.42 Å². The average Bonchev–Trinajstić information content (AvgIpc) is 3.26. The lowest BCUT2D eigenvalue weighted by atomic mass is 10.2. The molecule has 0 spiro atoms. The lowest BCUT2D eigenvalue weighted by Crippen LogP contribution is -1.69. The molecule has 110 valence electrons. The van der Waals surface area contributed by atoms with Crippen LogP contribution in [0, 0.1) is 0 Å². The molecular formula is C17H6S6. The van der Waals surface area contributed by atoms with Crippen molar-refractivity contribution in [1.29, 1.82) is 0 Å². The predicted octanol–water partition coefficient (Wildman–Crippen LogP) is 8.39. The number of hydrogen-bond donors (Lipinski definition) is 0. The van der Waals surface area contributed by atoms with E-state index in [0.717, 1.165) is 6.42 Å². The Labute approximate surface area is 154 Å². The van der Waals surface area contributed by atoms with Crippen molar-refractivity contribution in [1.82, 2.24) is 0 Å². The third-order valence-electron chi connectivity index (χ3n) is 4.48. The van der Waals surface area contributed by atoms with E-state index >= 15 is 0 Å². The molecule has 0 aliphatic heterocycles. The second-order valence-corrected chi connectivity index (χ2v) is 11.8. The van der Waals surface area contributed by atoms with Gasteiger partial charge in [0.2, 0.25) is 0 Å². The molecule has 1 aliphatic rings. The molecule has 0 N–H and O–H groups in total. The summed E-state index contributed by atoms with van der Waals surface area (Å²) in [4.78, 5) is 1.49. The molecule has 23 heavy (non-hydrogen) atoms. The Morgan fingerprint density at radius 1 is 0.652 bits per heavy atom. The van der Waals surface area contributed by atoms with Crippen LogP contribution in [0.25, 0.3) is 53.1 Å². The molecule has 6 heterocycles. The number of hydrogen-bond acceptors (Lipinski definition) is 6. The monoisotopic (exact) mass is 402 g/mol. The maximum Gasteiger partial charge on any atom is 0.0651 e. The maximum atomic E-state index is 2.31. The van der Waals surface area contributed by atoms with Gasteiger partial charge in [-0.3, -0.25) is 0 Å². The van der Waals surface area contributed by atoms with E-state index < -0.39 is 0 Å². The van der Waals surface area contributed by atoms with Crippen molar-refractivity contribution in [3.63, 3.8) is 0 Å². The van der Waals surface area contributed by atoms with Gasteiger partial charge in [0.05, 0.1) is 42.3 Å². The summed E-state index contributed by atoms with van der Waals surface area (Å²) in [5, 5.41) is 2.22. The van der Waals surface area contributed by atoms with E-state index in [1.165, 1.54) is 37.8 Å². The number of allylic oxidation sites excluding steroid dienone is 1. The van der Waals surface area contributed by atoms with Crippen LogP contribution in [0.15, 0.2) is 17.5 Å². The molecule has 6 heteroatoms. The first-order valence-electron chi connectivity index (χ1n) is 7.24. The molecule has 0 nitrogen and oxygen atoms in total. The summed E-state index contributed by atoms with van der Waals surface area (Å²) < 4.78 is 15.2. The standard InChI is InChI=1S/C17H6S6/c1-2-6-7(3-1)19-11-9(6)21-16-14(11)23-15-13-12(22-17(15)16)10-8(20-13)4-5-18-10/h1,3-5H,2H2. The fraction of sp³-hybridized carbons (Fsp3) is 0.0588. The van der Waals surface area contributed by atoms with Crippen molar-refractivity contribution < 1.29 is 0 Å². The molecule has 0 radical (unpaired) electrons. The summed E-state index contributed by atoms with van der Waals surface area (Å²) in [5.41, 5.74) is 1.57. The Bertz CT molecular complexity index is 1430. The number of fused-ring (bicyclic) bond motifs is 11. The third-order valence-corrected chi connectivity index (χ3v) is 12.7. The molecule has 0 aromatic carbocycles. The summed E-state index contributed by atoms with van der Waals surface area (Å²) in [5.74, 6) is 0. The van der Waals surface area contributed by atoms with E-state index in [4.69, 9.17) is 0 Å². The molecule has 1 aliphatic carbocycles. The van der Waals surface area contributed by atoms with Crippen molar-refractivity contribution in [3.05, 3.63) is 28.0 Å². The zero-order chi connectivity index (χ0) is 14.7. The van der Waals surface area contributed by atoms with Crippen LogP contribution in [0.2, 0.25) is 0 Å². The van der Waals surface area contributed by atoms with Crippen LogP contribution in [0.1, 0.15) is 10.4 Å². The summed E-state index contributed by atoms with van der Waals surface area (Å²) in [6, 6.07) is 2.27. The van der Waals surface area contributed by atoms with E-state index in [0.29, 0.717) is 0 Å². The fourth-order valence-corrected chi connectivity index (χ4v) is 12.3. The van der Waals surface area contributed by atoms with Gasteiger partial charge in [-0.25, -0.2) is 0 Å². The minimum Gasteiger partial charge on any atom is -0.141 e. The van der Waals surface area contributed by atoms with Gasteiger partial charge in [0.25, 0.3) is 0 Å². The highest BCUT2D eigenvalue weighted by Gasteiger charge is 2.23. The Morgan fingerprint density at radius 2 is 1.30 bits per heavy atom. The largest absolute Gasteiger partial charge is 0.141 e. The zero-order valence-corrected chi connectivity index (χ0v) is 16.4. The summed E-state index contributed by atoms with van der Waals surface area (Å²) in [6.45, 7) is 0. The second kappa shape index (κ2) is 4.07. The van der Waals surface area contributed by atoms with E-state index in [9.17, 15) is 0 Å². The smallest absolute Gasteiger partial charge is 0.0651 e. The quantitative estimate of drug-likeness (QED) is 0.239. The van der Waals surface area contributed by atoms with Crippen molar-refractivity contribution in [2.45, 2.75) is 6.42 Å². The zero-order valence-electron chi connectivity index (χ0n) is 11.5. The summed E-state index contributed by atoms with van der Waals surface area (Å²) in [6.07, 6.45) is 5.74. The molecule has 0 fully saturated rings. The van der Waals surface area contributed by atoms with Gasteiger partial charge in [0.15, 0.2) is 0 Å². The molecular weight excluding hydrogens is 397 g/mol. The first-order chi connectivity index (χ1) is 11.4. The highest BCUT2D eigenvalue weighted by Crippen LogP contribution is 2.56. The van der Waals surface area contributed by atoms with Gasteiger partial charge in [-0.2, -0.15) is 0 Å². The number of thiophene rings is 6. The summed E-state index contributed by atoms with van der Waals surface area (Å²) >= 11 is 12.0. The average molecular weight is 403 g/mol. The molecule has 6 aromatic heterocycles. The van der Waals surface area contributed by atoms with Gasteiger partial charge in [0, 0.05) is 9.58 Å². The van der Waals surface area contributed by atoms with Crippen LogP contribution in [0.4, 0.5) is 0 Å². The van der Waals surface area contributed by atoms with E-state index in [-0.39, 0.29) is 0 Å². The topological polar surface area (TPSA) is 0 Å². The number of rotatable bonds is 0. The Hall–Kier alpha value is -0.760. The van der Waals surface area contributed by atoms with Crippen LogP contribution in [0.5, 0.6) is 0 Å². The van der Waals surface area contributed by atoms with Crippen LogP contribution in [0.3, 0.4) is 0 Å². The van der Waals surface area contributed by atoms with Crippen molar-refractivity contribution in [2.75, 3.05) is 0 Å². The first-order valence-corrected chi connectivity index (χ1v) is 12.2. The third kappa shape index (κ3) is 1.39. The van der Waals surface area contributed by atoms with E-state index in [2.05, 4.69) is 23.6 Å². The molecule has 0 bridgehead atoms. The van der Waals surface area contributed by atoms with Gasteiger partial charge >= 0.3 is 0 Å². The fourth-order valence-electron chi connectivity index (χ4n) is 3.47. The van der Waals surface area contributed by atoms with Crippen LogP contribution < -0.4 is 0 Å². The maximum absolute atomic E-state index is 2.31. The lowest BCUT2D eigenvalue weighted by Gasteiger charge is -1.86. The van der Waals surface area contributed by atoms with Crippen molar-refractivity contribution in [3.8, 4) is 0 Å². The van der Waals surface area contributed by atoms with Crippen LogP contribution in [-0.4, -0.2) is 0 Å². The molecule has 0 saturated carbocycles. The van der Waals surface area contributed by atoms with Gasteiger partial charge < -0.3 is 0 Å². The Morgan fingerprint density at radius 3 is 2.13 bits per heavy atom. The molecule has 0 unspecified atom stereocenters. The minimum absolute atomic E-state index is 1.13. The second-order valence-electron chi connectivity index (χ2n) is 5.71. The lowest BCUT2D eigenvalue weighted by molar-refractivity contribution is 1.38. The molecule has 0 atom stereocenters. The van der Waals surface area contributed by atoms with Crippen LogP contribution >= 0.6 is 68.0 Å². The van der Waals surface area contributed by atoms with E-state index in [1.807, 2.05) is 68.0 Å². The molecule has 6 aromatic rings. The predicted molar refractivity (Wildman–Crippen MR) is 114 cm³/mol. The normalized spacial score (nSPS) is 14.6.